The third-order valence-corrected chi connectivity index (χ3v) is 6.50. The molecule has 3 aliphatic rings. The molecule has 2 aromatic rings. The number of rotatable bonds is 2. The summed E-state index contributed by atoms with van der Waals surface area (Å²) in [4.78, 5) is 14.1. The summed E-state index contributed by atoms with van der Waals surface area (Å²) in [5.41, 5.74) is 4.54. The Morgan fingerprint density at radius 2 is 1.97 bits per heavy atom. The number of piperidine rings is 1. The van der Waals surface area contributed by atoms with Crippen LogP contribution in [0, 0.1) is 17.6 Å². The van der Waals surface area contributed by atoms with Crippen molar-refractivity contribution in [2.24, 2.45) is 11.0 Å². The summed E-state index contributed by atoms with van der Waals surface area (Å²) in [5, 5.41) is 7.52. The first-order valence-corrected chi connectivity index (χ1v) is 10.6. The largest absolute Gasteiger partial charge is 0.483 e. The summed E-state index contributed by atoms with van der Waals surface area (Å²) in [6.45, 7) is 5.76. The van der Waals surface area contributed by atoms with Gasteiger partial charge >= 0.3 is 0 Å². The minimum Gasteiger partial charge on any atom is -0.483 e. The first-order valence-electron chi connectivity index (χ1n) is 10.6. The van der Waals surface area contributed by atoms with Crippen molar-refractivity contribution in [3.8, 4) is 16.9 Å². The van der Waals surface area contributed by atoms with Crippen molar-refractivity contribution < 1.29 is 18.3 Å². The van der Waals surface area contributed by atoms with Crippen LogP contribution in [0.25, 0.3) is 11.1 Å². The van der Waals surface area contributed by atoms with Gasteiger partial charge in [0, 0.05) is 0 Å². The van der Waals surface area contributed by atoms with E-state index in [9.17, 15) is 13.6 Å². The number of ether oxygens (including phenoxy) is 1. The molecule has 0 bridgehead atoms. The maximum absolute atomic E-state index is 14.8. The fourth-order valence-electron chi connectivity index (χ4n) is 4.84. The third kappa shape index (κ3) is 3.26. The molecule has 0 saturated carbocycles. The third-order valence-electron chi connectivity index (χ3n) is 6.50. The van der Waals surface area contributed by atoms with Crippen molar-refractivity contribution in [2.45, 2.75) is 32.2 Å². The predicted molar refractivity (Wildman–Crippen MR) is 114 cm³/mol. The molecule has 31 heavy (non-hydrogen) atoms. The van der Waals surface area contributed by atoms with Crippen molar-refractivity contribution in [3.05, 3.63) is 47.5 Å². The van der Waals surface area contributed by atoms with Crippen LogP contribution < -0.4 is 20.4 Å². The molecular weight excluding hydrogens is 402 g/mol. The number of nitrogens with one attached hydrogen (secondary N) is 2. The quantitative estimate of drug-likeness (QED) is 0.773. The van der Waals surface area contributed by atoms with E-state index < -0.39 is 17.7 Å². The van der Waals surface area contributed by atoms with Gasteiger partial charge in [0.2, 0.25) is 0 Å². The summed E-state index contributed by atoms with van der Waals surface area (Å²) in [7, 11) is 0. The highest BCUT2D eigenvalue weighted by Crippen LogP contribution is 2.46. The van der Waals surface area contributed by atoms with Gasteiger partial charge in [0.15, 0.2) is 5.84 Å². The van der Waals surface area contributed by atoms with Crippen molar-refractivity contribution in [1.29, 1.82) is 0 Å². The fourth-order valence-corrected chi connectivity index (χ4v) is 4.84. The second-order valence-corrected chi connectivity index (χ2v) is 8.42. The van der Waals surface area contributed by atoms with Crippen LogP contribution in [0.3, 0.4) is 0 Å². The first kappa shape index (κ1) is 19.9. The summed E-state index contributed by atoms with van der Waals surface area (Å²) in [6, 6.07) is 7.10. The molecule has 3 heterocycles. The second kappa shape index (κ2) is 7.60. The van der Waals surface area contributed by atoms with Crippen LogP contribution in [0.5, 0.6) is 5.75 Å². The van der Waals surface area contributed by atoms with Gasteiger partial charge in [-0.3, -0.25) is 4.79 Å². The SMILES string of the molecule is C[C@@H]1C(=O)NN=C2COc3cc(-c4c(F)cccc4F)c([C@@H]4CCNC[C@@H]4C)cc3N21. The van der Waals surface area contributed by atoms with Gasteiger partial charge < -0.3 is 15.0 Å². The van der Waals surface area contributed by atoms with Crippen LogP contribution in [0.4, 0.5) is 14.5 Å². The summed E-state index contributed by atoms with van der Waals surface area (Å²) in [6.07, 6.45) is 0.848. The van der Waals surface area contributed by atoms with E-state index in [0.29, 0.717) is 22.8 Å². The molecule has 3 aliphatic heterocycles. The molecule has 5 rings (SSSR count). The van der Waals surface area contributed by atoms with E-state index in [1.807, 2.05) is 11.0 Å². The van der Waals surface area contributed by atoms with E-state index in [2.05, 4.69) is 22.8 Å². The van der Waals surface area contributed by atoms with Gasteiger partial charge in [-0.15, -0.1) is 0 Å². The lowest BCUT2D eigenvalue weighted by Gasteiger charge is -2.39. The lowest BCUT2D eigenvalue weighted by atomic mass is 9.78. The Kier molecular flexibility index (Phi) is 4.89. The number of amidine groups is 1. The van der Waals surface area contributed by atoms with Crippen molar-refractivity contribution in [2.75, 3.05) is 24.6 Å². The second-order valence-electron chi connectivity index (χ2n) is 8.42. The molecule has 3 atom stereocenters. The lowest BCUT2D eigenvalue weighted by Crippen LogP contribution is -2.55. The zero-order chi connectivity index (χ0) is 21.7. The minimum absolute atomic E-state index is 0.0430. The van der Waals surface area contributed by atoms with Crippen molar-refractivity contribution >= 4 is 17.4 Å². The van der Waals surface area contributed by atoms with E-state index in [-0.39, 0.29) is 29.9 Å². The van der Waals surface area contributed by atoms with Crippen LogP contribution in [0.15, 0.2) is 35.4 Å². The Labute approximate surface area is 179 Å². The van der Waals surface area contributed by atoms with Crippen LogP contribution in [0.2, 0.25) is 0 Å². The first-order chi connectivity index (χ1) is 15.0. The Bertz CT molecular complexity index is 1070. The summed E-state index contributed by atoms with van der Waals surface area (Å²) >= 11 is 0. The van der Waals surface area contributed by atoms with Gasteiger partial charge in [-0.1, -0.05) is 13.0 Å². The van der Waals surface area contributed by atoms with Gasteiger partial charge in [-0.25, -0.2) is 14.2 Å². The number of nitrogens with zero attached hydrogens (tertiary/aromatic N) is 2. The molecule has 8 heteroatoms. The molecule has 1 fully saturated rings. The predicted octanol–water partition coefficient (Wildman–Crippen LogP) is 3.38. The number of fused-ring (bicyclic) bond motifs is 3. The highest BCUT2D eigenvalue weighted by atomic mass is 19.1. The minimum atomic E-state index is -0.605. The molecule has 162 valence electrons. The molecule has 0 unspecified atom stereocenters. The number of hydrogen-bond donors (Lipinski definition) is 2. The van der Waals surface area contributed by atoms with Gasteiger partial charge in [-0.05, 0) is 73.7 Å². The van der Waals surface area contributed by atoms with E-state index in [0.717, 1.165) is 25.1 Å². The number of hydrazone groups is 1. The molecular formula is C23H24F2N4O2. The van der Waals surface area contributed by atoms with E-state index in [1.54, 1.807) is 13.0 Å². The number of halogens is 2. The Hall–Kier alpha value is -3.00. The molecule has 1 saturated heterocycles. The van der Waals surface area contributed by atoms with Gasteiger partial charge in [0.25, 0.3) is 5.91 Å². The maximum atomic E-state index is 14.8. The molecule has 2 aromatic carbocycles. The number of hydrogen-bond acceptors (Lipinski definition) is 5. The van der Waals surface area contributed by atoms with E-state index in [4.69, 9.17) is 4.74 Å². The van der Waals surface area contributed by atoms with Crippen LogP contribution in [-0.4, -0.2) is 37.5 Å². The lowest BCUT2D eigenvalue weighted by molar-refractivity contribution is -0.122. The highest BCUT2D eigenvalue weighted by Gasteiger charge is 2.37. The normalized spacial score (nSPS) is 25.2. The maximum Gasteiger partial charge on any atom is 0.262 e. The molecule has 2 N–H and O–H groups in total. The van der Waals surface area contributed by atoms with Crippen LogP contribution in [-0.2, 0) is 4.79 Å². The van der Waals surface area contributed by atoms with Gasteiger partial charge in [0.1, 0.15) is 30.0 Å². The van der Waals surface area contributed by atoms with Crippen molar-refractivity contribution in [3.63, 3.8) is 0 Å². The fraction of sp³-hybridized carbons (Fsp3) is 0.391. The molecule has 6 nitrogen and oxygen atoms in total. The Morgan fingerprint density at radius 1 is 1.19 bits per heavy atom. The average molecular weight is 426 g/mol. The summed E-state index contributed by atoms with van der Waals surface area (Å²) in [5.74, 6) is 0.0601. The van der Waals surface area contributed by atoms with E-state index >= 15 is 0 Å². The summed E-state index contributed by atoms with van der Waals surface area (Å²) < 4.78 is 35.5. The average Bonchev–Trinajstić information content (AvgIpc) is 2.76. The Morgan fingerprint density at radius 3 is 2.71 bits per heavy atom. The number of carbonyl (C=O) groups excluding carboxylic acids is 1. The molecule has 0 aliphatic carbocycles. The zero-order valence-electron chi connectivity index (χ0n) is 17.4. The van der Waals surface area contributed by atoms with Gasteiger partial charge in [0.05, 0.1) is 11.3 Å². The number of carbonyl (C=O) groups is 1. The number of benzene rings is 2. The molecule has 1 amide bonds. The van der Waals surface area contributed by atoms with Gasteiger partial charge in [-0.2, -0.15) is 5.10 Å². The Balaban J connectivity index is 1.74. The monoisotopic (exact) mass is 426 g/mol. The molecule has 0 radical (unpaired) electrons. The van der Waals surface area contributed by atoms with Crippen LogP contribution >= 0.6 is 0 Å². The topological polar surface area (TPSA) is 66.0 Å². The highest BCUT2D eigenvalue weighted by molar-refractivity contribution is 6.09. The smallest absolute Gasteiger partial charge is 0.262 e. The number of anilines is 1. The standard InChI is InChI=1S/C23H24F2N4O2/c1-12-10-26-7-6-14(12)15-8-19-20(9-16(15)22-17(24)4-3-5-18(22)25)31-11-21-27-28-23(30)13(2)29(19)21/h3-5,8-9,12-14,26H,6-7,10-11H2,1-2H3,(H,28,30)/t12-,13+,14+/m0/s1. The molecule has 0 aromatic heterocycles. The van der Waals surface area contributed by atoms with E-state index in [1.165, 1.54) is 18.2 Å². The van der Waals surface area contributed by atoms with Crippen molar-refractivity contribution in [1.82, 2.24) is 10.7 Å². The van der Waals surface area contributed by atoms with Crippen LogP contribution in [0.1, 0.15) is 31.7 Å². The molecule has 0 spiro atoms. The zero-order valence-corrected chi connectivity index (χ0v) is 17.4. The number of amides is 1.